The van der Waals surface area contributed by atoms with E-state index in [0.717, 1.165) is 41.7 Å². The number of methoxy groups -OCH3 is 1. The SMILES string of the molecule is COC(=O)C1(N2Cc3cc(-c4ccc(NC(=O)Nc5cccc(C(F)(F)F)c5)cc4)ccc3C2=O)CCCC1. The summed E-state index contributed by atoms with van der Waals surface area (Å²) in [6, 6.07) is 16.2. The van der Waals surface area contributed by atoms with Crippen LogP contribution in [-0.4, -0.2) is 35.5 Å². The third-order valence-corrected chi connectivity index (χ3v) is 7.35. The molecule has 2 aliphatic rings. The standard InChI is InChI=1S/C29H26F3N3O4/c1-39-26(37)28(13-2-3-14-28)35-17-20-15-19(9-12-24(20)25(35)36)18-7-10-22(11-8-18)33-27(38)34-23-6-4-5-21(16-23)29(30,31)32/h4-12,15-16H,2-3,13-14,17H2,1H3,(H2,33,34,38). The van der Waals surface area contributed by atoms with Crippen LogP contribution in [-0.2, 0) is 22.3 Å². The lowest BCUT2D eigenvalue weighted by atomic mass is 9.95. The Bertz CT molecular complexity index is 1430. The molecule has 7 nitrogen and oxygen atoms in total. The van der Waals surface area contributed by atoms with Crippen LogP contribution in [0.2, 0.25) is 0 Å². The fraction of sp³-hybridized carbons (Fsp3) is 0.276. The Morgan fingerprint density at radius 1 is 0.897 bits per heavy atom. The second kappa shape index (κ2) is 10.1. The van der Waals surface area contributed by atoms with Gasteiger partial charge in [-0.2, -0.15) is 13.2 Å². The highest BCUT2D eigenvalue weighted by Crippen LogP contribution is 2.42. The summed E-state index contributed by atoms with van der Waals surface area (Å²) < 4.78 is 43.8. The van der Waals surface area contributed by atoms with Crippen LogP contribution in [0.4, 0.5) is 29.3 Å². The number of rotatable bonds is 5. The van der Waals surface area contributed by atoms with Gasteiger partial charge in [0.1, 0.15) is 5.54 Å². The highest BCUT2D eigenvalue weighted by atomic mass is 19.4. The average molecular weight is 538 g/mol. The van der Waals surface area contributed by atoms with E-state index in [1.54, 1.807) is 35.2 Å². The normalized spacial score (nSPS) is 16.1. The summed E-state index contributed by atoms with van der Waals surface area (Å²) in [5.74, 6) is -0.545. The minimum absolute atomic E-state index is 0.0206. The van der Waals surface area contributed by atoms with E-state index in [1.165, 1.54) is 19.2 Å². The molecule has 3 aromatic rings. The van der Waals surface area contributed by atoms with Crippen molar-refractivity contribution in [1.82, 2.24) is 4.90 Å². The molecule has 0 saturated heterocycles. The van der Waals surface area contributed by atoms with E-state index >= 15 is 0 Å². The average Bonchev–Trinajstić information content (AvgIpc) is 3.54. The highest BCUT2D eigenvalue weighted by Gasteiger charge is 2.51. The van der Waals surface area contributed by atoms with Crippen molar-refractivity contribution in [3.63, 3.8) is 0 Å². The number of fused-ring (bicyclic) bond motifs is 1. The second-order valence-corrected chi connectivity index (χ2v) is 9.73. The first-order chi connectivity index (χ1) is 18.6. The minimum atomic E-state index is -4.51. The van der Waals surface area contributed by atoms with Crippen molar-refractivity contribution in [3.05, 3.63) is 83.4 Å². The lowest BCUT2D eigenvalue weighted by Crippen LogP contribution is -2.53. The maximum absolute atomic E-state index is 13.2. The molecule has 1 fully saturated rings. The summed E-state index contributed by atoms with van der Waals surface area (Å²) in [5.41, 5.74) is 1.80. The minimum Gasteiger partial charge on any atom is -0.467 e. The molecule has 2 N–H and O–H groups in total. The second-order valence-electron chi connectivity index (χ2n) is 9.73. The molecule has 10 heteroatoms. The first-order valence-electron chi connectivity index (χ1n) is 12.5. The number of urea groups is 1. The molecule has 5 rings (SSSR count). The molecular weight excluding hydrogens is 511 g/mol. The Morgan fingerprint density at radius 2 is 1.56 bits per heavy atom. The van der Waals surface area contributed by atoms with E-state index in [9.17, 15) is 27.6 Å². The molecular formula is C29H26F3N3O4. The molecule has 0 atom stereocenters. The predicted molar refractivity (Wildman–Crippen MR) is 139 cm³/mol. The zero-order valence-electron chi connectivity index (χ0n) is 21.1. The van der Waals surface area contributed by atoms with Gasteiger partial charge in [-0.3, -0.25) is 4.79 Å². The quantitative estimate of drug-likeness (QED) is 0.366. The molecule has 202 valence electrons. The van der Waals surface area contributed by atoms with Crippen molar-refractivity contribution in [3.8, 4) is 11.1 Å². The number of hydrogen-bond donors (Lipinski definition) is 2. The van der Waals surface area contributed by atoms with Crippen LogP contribution in [0, 0.1) is 0 Å². The number of ether oxygens (including phenoxy) is 1. The number of carbonyl (C=O) groups excluding carboxylic acids is 3. The van der Waals surface area contributed by atoms with Crippen LogP contribution in [0.25, 0.3) is 11.1 Å². The van der Waals surface area contributed by atoms with E-state index in [2.05, 4.69) is 10.6 Å². The third kappa shape index (κ3) is 5.06. The van der Waals surface area contributed by atoms with Gasteiger partial charge in [-0.25, -0.2) is 9.59 Å². The molecule has 0 spiro atoms. The van der Waals surface area contributed by atoms with Crippen LogP contribution < -0.4 is 10.6 Å². The topological polar surface area (TPSA) is 87.7 Å². The van der Waals surface area contributed by atoms with Gasteiger partial charge in [-0.05, 0) is 72.0 Å². The summed E-state index contributed by atoms with van der Waals surface area (Å²) in [6.07, 6.45) is -1.62. The number of nitrogens with one attached hydrogen (secondary N) is 2. The monoisotopic (exact) mass is 537 g/mol. The summed E-state index contributed by atoms with van der Waals surface area (Å²) >= 11 is 0. The number of benzene rings is 3. The number of esters is 1. The van der Waals surface area contributed by atoms with Gasteiger partial charge >= 0.3 is 18.2 Å². The molecule has 39 heavy (non-hydrogen) atoms. The van der Waals surface area contributed by atoms with Crippen LogP contribution in [0.15, 0.2) is 66.7 Å². The number of halogens is 3. The van der Waals surface area contributed by atoms with E-state index in [-0.39, 0.29) is 17.6 Å². The number of alkyl halides is 3. The Hall–Kier alpha value is -4.34. The first kappa shape index (κ1) is 26.3. The van der Waals surface area contributed by atoms with Gasteiger partial charge in [-0.15, -0.1) is 0 Å². The van der Waals surface area contributed by atoms with Crippen molar-refractivity contribution >= 4 is 29.3 Å². The summed E-state index contributed by atoms with van der Waals surface area (Å²) in [6.45, 7) is 0.326. The third-order valence-electron chi connectivity index (χ3n) is 7.35. The Kier molecular flexibility index (Phi) is 6.80. The molecule has 1 aliphatic carbocycles. The van der Waals surface area contributed by atoms with E-state index < -0.39 is 23.3 Å². The van der Waals surface area contributed by atoms with Crippen molar-refractivity contribution in [2.45, 2.75) is 43.9 Å². The van der Waals surface area contributed by atoms with Gasteiger partial charge < -0.3 is 20.3 Å². The largest absolute Gasteiger partial charge is 0.467 e. The Balaban J connectivity index is 1.27. The number of anilines is 2. The maximum atomic E-state index is 13.2. The highest BCUT2D eigenvalue weighted by molar-refractivity contribution is 6.02. The molecule has 1 aliphatic heterocycles. The van der Waals surface area contributed by atoms with Gasteiger partial charge in [0.25, 0.3) is 5.91 Å². The molecule has 3 aromatic carbocycles. The lowest BCUT2D eigenvalue weighted by molar-refractivity contribution is -0.153. The van der Waals surface area contributed by atoms with Gasteiger partial charge in [0.2, 0.25) is 0 Å². The van der Waals surface area contributed by atoms with Gasteiger partial charge in [-0.1, -0.05) is 37.1 Å². The molecule has 0 radical (unpaired) electrons. The molecule has 3 amide bonds. The van der Waals surface area contributed by atoms with Crippen LogP contribution in [0.3, 0.4) is 0 Å². The number of amides is 3. The van der Waals surface area contributed by atoms with Crippen molar-refractivity contribution in [1.29, 1.82) is 0 Å². The molecule has 1 saturated carbocycles. The van der Waals surface area contributed by atoms with Crippen molar-refractivity contribution in [2.24, 2.45) is 0 Å². The molecule has 0 bridgehead atoms. The maximum Gasteiger partial charge on any atom is 0.416 e. The lowest BCUT2D eigenvalue weighted by Gasteiger charge is -2.35. The molecule has 0 unspecified atom stereocenters. The zero-order chi connectivity index (χ0) is 27.8. The van der Waals surface area contributed by atoms with E-state index in [1.807, 2.05) is 12.1 Å². The van der Waals surface area contributed by atoms with Crippen LogP contribution in [0.5, 0.6) is 0 Å². The zero-order valence-corrected chi connectivity index (χ0v) is 21.1. The van der Waals surface area contributed by atoms with Gasteiger partial charge in [0, 0.05) is 23.5 Å². The number of hydrogen-bond acceptors (Lipinski definition) is 4. The van der Waals surface area contributed by atoms with Crippen molar-refractivity contribution in [2.75, 3.05) is 17.7 Å². The van der Waals surface area contributed by atoms with E-state index in [0.29, 0.717) is 30.6 Å². The van der Waals surface area contributed by atoms with Crippen LogP contribution in [0.1, 0.15) is 47.2 Å². The van der Waals surface area contributed by atoms with E-state index in [4.69, 9.17) is 4.74 Å². The summed E-state index contributed by atoms with van der Waals surface area (Å²) in [5, 5.41) is 5.01. The number of carbonyl (C=O) groups is 3. The fourth-order valence-corrected chi connectivity index (χ4v) is 5.39. The fourth-order valence-electron chi connectivity index (χ4n) is 5.39. The van der Waals surface area contributed by atoms with Crippen molar-refractivity contribution < 1.29 is 32.3 Å². The van der Waals surface area contributed by atoms with Crippen LogP contribution >= 0.6 is 0 Å². The number of nitrogens with zero attached hydrogens (tertiary/aromatic N) is 1. The predicted octanol–water partition coefficient (Wildman–Crippen LogP) is 6.46. The summed E-state index contributed by atoms with van der Waals surface area (Å²) in [7, 11) is 1.35. The molecule has 1 heterocycles. The Labute approximate surface area is 223 Å². The first-order valence-corrected chi connectivity index (χ1v) is 12.5. The Morgan fingerprint density at radius 3 is 2.23 bits per heavy atom. The molecule has 0 aromatic heterocycles. The van der Waals surface area contributed by atoms with Gasteiger partial charge in [0.05, 0.1) is 12.7 Å². The summed E-state index contributed by atoms with van der Waals surface area (Å²) in [4.78, 5) is 39.9. The smallest absolute Gasteiger partial charge is 0.416 e. The van der Waals surface area contributed by atoms with Gasteiger partial charge in [0.15, 0.2) is 0 Å².